The zero-order chi connectivity index (χ0) is 20.0. The zero-order valence-corrected chi connectivity index (χ0v) is 12.6. The number of rotatable bonds is 2. The number of aromatic nitrogens is 2. The van der Waals surface area contributed by atoms with Crippen molar-refractivity contribution in [2.45, 2.75) is 0 Å². The molecular formula is C20H13ClN2. The summed E-state index contributed by atoms with van der Waals surface area (Å²) >= 11 is 6.30. The van der Waals surface area contributed by atoms with Gasteiger partial charge in [-0.05, 0) is 23.3 Å². The SMILES string of the molecule is [2H]c1c([2H])c([2H])c(-c2ccc(-c3nc4ccccc4nc3Cl)cc2)c([2H])c1[2H]. The van der Waals surface area contributed by atoms with Crippen LogP contribution in [0.15, 0.2) is 78.7 Å². The molecule has 23 heavy (non-hydrogen) atoms. The van der Waals surface area contributed by atoms with E-state index in [-0.39, 0.29) is 34.9 Å². The van der Waals surface area contributed by atoms with E-state index in [1.807, 2.05) is 24.3 Å². The van der Waals surface area contributed by atoms with Gasteiger partial charge in [-0.25, -0.2) is 9.97 Å². The molecule has 0 saturated carbocycles. The first-order valence-electron chi connectivity index (χ1n) is 9.48. The van der Waals surface area contributed by atoms with Gasteiger partial charge in [-0.3, -0.25) is 0 Å². The van der Waals surface area contributed by atoms with Crippen molar-refractivity contribution in [2.24, 2.45) is 0 Å². The largest absolute Gasteiger partial charge is 0.243 e. The molecule has 2 nitrogen and oxygen atoms in total. The second-order valence-corrected chi connectivity index (χ2v) is 5.29. The normalized spacial score (nSPS) is 13.9. The topological polar surface area (TPSA) is 25.8 Å². The Morgan fingerprint density at radius 3 is 2.00 bits per heavy atom. The second-order valence-electron chi connectivity index (χ2n) is 4.93. The molecule has 1 aromatic heterocycles. The van der Waals surface area contributed by atoms with Gasteiger partial charge in [0.05, 0.1) is 17.9 Å². The Balaban J connectivity index is 1.82. The molecule has 0 N–H and O–H groups in total. The summed E-state index contributed by atoms with van der Waals surface area (Å²) in [5.74, 6) is 0. The van der Waals surface area contributed by atoms with Gasteiger partial charge in [0.15, 0.2) is 5.15 Å². The van der Waals surface area contributed by atoms with Crippen LogP contribution in [-0.4, -0.2) is 9.97 Å². The Hall–Kier alpha value is -2.71. The summed E-state index contributed by atoms with van der Waals surface area (Å²) in [4.78, 5) is 8.94. The molecule has 110 valence electrons. The van der Waals surface area contributed by atoms with E-state index in [1.165, 1.54) is 0 Å². The average Bonchev–Trinajstić information content (AvgIpc) is 2.71. The van der Waals surface area contributed by atoms with Crippen molar-refractivity contribution >= 4 is 22.6 Å². The van der Waals surface area contributed by atoms with Crippen molar-refractivity contribution in [2.75, 3.05) is 0 Å². The van der Waals surface area contributed by atoms with Gasteiger partial charge in [0, 0.05) is 5.56 Å². The van der Waals surface area contributed by atoms with E-state index in [1.54, 1.807) is 24.3 Å². The van der Waals surface area contributed by atoms with Crippen LogP contribution in [0.5, 0.6) is 0 Å². The molecule has 0 saturated heterocycles. The number of halogens is 1. The van der Waals surface area contributed by atoms with Crippen molar-refractivity contribution < 1.29 is 6.85 Å². The van der Waals surface area contributed by atoms with Crippen molar-refractivity contribution in [3.8, 4) is 22.4 Å². The van der Waals surface area contributed by atoms with E-state index in [2.05, 4.69) is 9.97 Å². The van der Waals surface area contributed by atoms with Crippen molar-refractivity contribution in [1.29, 1.82) is 0 Å². The van der Waals surface area contributed by atoms with E-state index in [0.717, 1.165) is 11.1 Å². The summed E-state index contributed by atoms with van der Waals surface area (Å²) in [5.41, 5.74) is 3.34. The first-order valence-corrected chi connectivity index (χ1v) is 7.36. The van der Waals surface area contributed by atoms with Crippen LogP contribution in [0, 0.1) is 0 Å². The third-order valence-electron chi connectivity index (χ3n) is 3.48. The molecule has 3 aromatic carbocycles. The van der Waals surface area contributed by atoms with Gasteiger partial charge in [-0.1, -0.05) is 78.2 Å². The molecule has 0 unspecified atom stereocenters. The fourth-order valence-corrected chi connectivity index (χ4v) is 2.59. The lowest BCUT2D eigenvalue weighted by Gasteiger charge is -2.07. The third kappa shape index (κ3) is 2.69. The summed E-state index contributed by atoms with van der Waals surface area (Å²) < 4.78 is 39.6. The van der Waals surface area contributed by atoms with Crippen LogP contribution >= 0.6 is 11.6 Å². The Morgan fingerprint density at radius 2 is 1.30 bits per heavy atom. The molecule has 3 heteroatoms. The third-order valence-corrected chi connectivity index (χ3v) is 3.74. The molecule has 0 atom stereocenters. The van der Waals surface area contributed by atoms with Crippen molar-refractivity contribution in [3.63, 3.8) is 0 Å². The van der Waals surface area contributed by atoms with Crippen LogP contribution in [0.25, 0.3) is 33.4 Å². The van der Waals surface area contributed by atoms with Crippen LogP contribution in [0.2, 0.25) is 5.15 Å². The molecule has 0 aliphatic heterocycles. The summed E-state index contributed by atoms with van der Waals surface area (Å²) in [6, 6.07) is 12.7. The summed E-state index contributed by atoms with van der Waals surface area (Å²) in [6.45, 7) is 0. The van der Waals surface area contributed by atoms with Gasteiger partial charge in [-0.2, -0.15) is 0 Å². The van der Waals surface area contributed by atoms with Gasteiger partial charge in [0.1, 0.15) is 5.69 Å². The predicted octanol–water partition coefficient (Wildman–Crippen LogP) is 5.62. The molecule has 4 rings (SSSR count). The van der Waals surface area contributed by atoms with E-state index in [0.29, 0.717) is 16.8 Å². The molecule has 0 amide bonds. The molecule has 1 heterocycles. The summed E-state index contributed by atoms with van der Waals surface area (Å²) in [6.07, 6.45) is 0. The molecular weight excluding hydrogens is 304 g/mol. The van der Waals surface area contributed by atoms with E-state index in [9.17, 15) is 0 Å². The fraction of sp³-hybridized carbons (Fsp3) is 0. The van der Waals surface area contributed by atoms with Crippen LogP contribution in [0.1, 0.15) is 6.85 Å². The Kier molecular flexibility index (Phi) is 2.39. The van der Waals surface area contributed by atoms with Crippen LogP contribution in [0.3, 0.4) is 0 Å². The maximum absolute atomic E-state index is 8.10. The van der Waals surface area contributed by atoms with Crippen LogP contribution < -0.4 is 0 Å². The fourth-order valence-electron chi connectivity index (χ4n) is 2.35. The minimum absolute atomic E-state index is 0.160. The quantitative estimate of drug-likeness (QED) is 0.479. The summed E-state index contributed by atoms with van der Waals surface area (Å²) in [7, 11) is 0. The zero-order valence-electron chi connectivity index (χ0n) is 16.9. The van der Waals surface area contributed by atoms with Gasteiger partial charge in [0.2, 0.25) is 0 Å². The maximum Gasteiger partial charge on any atom is 0.156 e. The number of hydrogen-bond donors (Lipinski definition) is 0. The molecule has 0 radical (unpaired) electrons. The highest BCUT2D eigenvalue weighted by molar-refractivity contribution is 6.32. The number of benzene rings is 3. The monoisotopic (exact) mass is 321 g/mol. The predicted molar refractivity (Wildman–Crippen MR) is 95.4 cm³/mol. The van der Waals surface area contributed by atoms with Crippen LogP contribution in [-0.2, 0) is 0 Å². The molecule has 0 spiro atoms. The number of nitrogens with zero attached hydrogens (tertiary/aromatic N) is 2. The first-order chi connectivity index (χ1) is 13.4. The maximum atomic E-state index is 8.10. The highest BCUT2D eigenvalue weighted by Crippen LogP contribution is 2.28. The number of fused-ring (bicyclic) bond motifs is 1. The lowest BCUT2D eigenvalue weighted by Crippen LogP contribution is -1.91. The minimum Gasteiger partial charge on any atom is -0.243 e. The number of para-hydroxylation sites is 2. The standard InChI is InChI=1S/C20H13ClN2/c21-20-19(22-17-8-4-5-9-18(17)23-20)16-12-10-15(11-13-16)14-6-2-1-3-7-14/h1-13H/i1D,2D,3D,6D,7D. The molecule has 0 fully saturated rings. The summed E-state index contributed by atoms with van der Waals surface area (Å²) in [5, 5.41) is 0.272. The molecule has 4 aromatic rings. The number of hydrogen-bond acceptors (Lipinski definition) is 2. The van der Waals surface area contributed by atoms with Gasteiger partial charge in [0.25, 0.3) is 0 Å². The lowest BCUT2D eigenvalue weighted by molar-refractivity contribution is 1.29. The smallest absolute Gasteiger partial charge is 0.156 e. The van der Waals surface area contributed by atoms with E-state index >= 15 is 0 Å². The van der Waals surface area contributed by atoms with Crippen molar-refractivity contribution in [1.82, 2.24) is 9.97 Å². The highest BCUT2D eigenvalue weighted by Gasteiger charge is 2.09. The van der Waals surface area contributed by atoms with Gasteiger partial charge >= 0.3 is 0 Å². The van der Waals surface area contributed by atoms with Gasteiger partial charge in [-0.15, -0.1) is 0 Å². The minimum atomic E-state index is -0.409. The highest BCUT2D eigenvalue weighted by atomic mass is 35.5. The Bertz CT molecular complexity index is 1200. The van der Waals surface area contributed by atoms with Gasteiger partial charge < -0.3 is 0 Å². The lowest BCUT2D eigenvalue weighted by atomic mass is 10.0. The van der Waals surface area contributed by atoms with E-state index in [4.69, 9.17) is 18.5 Å². The average molecular weight is 322 g/mol. The van der Waals surface area contributed by atoms with Crippen molar-refractivity contribution in [3.05, 3.63) is 83.9 Å². The Labute approximate surface area is 146 Å². The van der Waals surface area contributed by atoms with Crippen LogP contribution in [0.4, 0.5) is 0 Å². The Morgan fingerprint density at radius 1 is 0.696 bits per heavy atom. The molecule has 0 aliphatic carbocycles. The first kappa shape index (κ1) is 9.43. The second kappa shape index (κ2) is 5.82. The molecule has 0 aliphatic rings. The molecule has 0 bridgehead atoms. The van der Waals surface area contributed by atoms with E-state index < -0.39 is 6.04 Å².